The molecule has 2 N–H and O–H groups in total. The third-order valence-electron chi connectivity index (χ3n) is 5.56. The Morgan fingerprint density at radius 2 is 2.03 bits per heavy atom. The second-order valence-electron chi connectivity index (χ2n) is 7.67. The van der Waals surface area contributed by atoms with Crippen LogP contribution in [0.25, 0.3) is 11.3 Å². The Bertz CT molecular complexity index is 1000. The molecule has 1 fully saturated rings. The number of likely N-dealkylation sites (tertiary alicyclic amines) is 1. The maximum atomic E-state index is 13.6. The molecule has 10 heteroatoms. The van der Waals surface area contributed by atoms with Crippen molar-refractivity contribution in [3.63, 3.8) is 0 Å². The number of halogens is 3. The number of aromatic nitrogens is 2. The van der Waals surface area contributed by atoms with Crippen LogP contribution in [0.15, 0.2) is 18.2 Å². The number of phenolic OH excluding ortho intramolecular Hbond substituents is 1. The first-order valence-electron chi connectivity index (χ1n) is 9.69. The number of anilines is 2. The molecule has 1 atom stereocenters. The largest absolute Gasteiger partial charge is 0.507 e. The van der Waals surface area contributed by atoms with Crippen LogP contribution in [0.1, 0.15) is 24.0 Å². The van der Waals surface area contributed by atoms with E-state index in [0.717, 1.165) is 38.5 Å². The molecule has 0 radical (unpaired) electrons. The van der Waals surface area contributed by atoms with Crippen molar-refractivity contribution in [1.82, 2.24) is 15.1 Å². The lowest BCUT2D eigenvalue weighted by molar-refractivity contribution is -0.137. The van der Waals surface area contributed by atoms with Crippen molar-refractivity contribution in [3.05, 3.63) is 29.3 Å². The van der Waals surface area contributed by atoms with Crippen molar-refractivity contribution in [2.24, 2.45) is 0 Å². The molecule has 158 valence electrons. The van der Waals surface area contributed by atoms with Crippen LogP contribution in [-0.2, 0) is 6.18 Å². The molecular formula is C20H21F3N6O. The Kier molecular flexibility index (Phi) is 5.15. The molecule has 3 heterocycles. The Balaban J connectivity index is 1.76. The van der Waals surface area contributed by atoms with Gasteiger partial charge in [-0.25, -0.2) is 0 Å². The molecule has 2 aliphatic rings. The maximum Gasteiger partial charge on any atom is 0.417 e. The second kappa shape index (κ2) is 7.65. The minimum atomic E-state index is -4.76. The minimum Gasteiger partial charge on any atom is -0.507 e. The fourth-order valence-electron chi connectivity index (χ4n) is 4.20. The SMILES string of the molecule is CN1CCC[C@H](N2CCNc3cc(-c4c(O)cc(C#N)cc4C(F)(F)F)nnc32)C1. The third kappa shape index (κ3) is 3.73. The predicted octanol–water partition coefficient (Wildman–Crippen LogP) is 3.07. The van der Waals surface area contributed by atoms with E-state index in [-0.39, 0.29) is 17.3 Å². The van der Waals surface area contributed by atoms with Crippen molar-refractivity contribution in [2.75, 3.05) is 43.4 Å². The lowest BCUT2D eigenvalue weighted by atomic mass is 9.99. The summed E-state index contributed by atoms with van der Waals surface area (Å²) in [6.07, 6.45) is -2.68. The van der Waals surface area contributed by atoms with E-state index in [1.54, 1.807) is 6.07 Å². The normalized spacial score (nSPS) is 19.7. The predicted molar refractivity (Wildman–Crippen MR) is 105 cm³/mol. The molecule has 7 nitrogen and oxygen atoms in total. The van der Waals surface area contributed by atoms with E-state index in [4.69, 9.17) is 5.26 Å². The summed E-state index contributed by atoms with van der Waals surface area (Å²) in [5.74, 6) is -0.0517. The van der Waals surface area contributed by atoms with Crippen LogP contribution < -0.4 is 10.2 Å². The van der Waals surface area contributed by atoms with Crippen molar-refractivity contribution in [2.45, 2.75) is 25.1 Å². The zero-order valence-corrected chi connectivity index (χ0v) is 16.4. The first-order chi connectivity index (χ1) is 14.3. The number of likely N-dealkylation sites (N-methyl/N-ethyl adjacent to an activating group) is 1. The summed E-state index contributed by atoms with van der Waals surface area (Å²) in [6, 6.07) is 5.10. The van der Waals surface area contributed by atoms with Gasteiger partial charge in [-0.3, -0.25) is 0 Å². The number of rotatable bonds is 2. The zero-order valence-electron chi connectivity index (χ0n) is 16.4. The topological polar surface area (TPSA) is 88.3 Å². The first kappa shape index (κ1) is 20.2. The summed E-state index contributed by atoms with van der Waals surface area (Å²) >= 11 is 0. The number of piperidine rings is 1. The monoisotopic (exact) mass is 418 g/mol. The van der Waals surface area contributed by atoms with Crippen molar-refractivity contribution in [3.8, 4) is 23.1 Å². The first-order valence-corrected chi connectivity index (χ1v) is 9.69. The number of aromatic hydroxyl groups is 1. The lowest BCUT2D eigenvalue weighted by Gasteiger charge is -2.41. The number of fused-ring (bicyclic) bond motifs is 1. The van der Waals surface area contributed by atoms with Gasteiger partial charge >= 0.3 is 6.18 Å². The van der Waals surface area contributed by atoms with Gasteiger partial charge in [-0.15, -0.1) is 10.2 Å². The molecule has 30 heavy (non-hydrogen) atoms. The van der Waals surface area contributed by atoms with Gasteiger partial charge in [-0.1, -0.05) is 0 Å². The number of hydrogen-bond donors (Lipinski definition) is 2. The van der Waals surface area contributed by atoms with E-state index in [2.05, 4.69) is 32.4 Å². The quantitative estimate of drug-likeness (QED) is 0.775. The average molecular weight is 418 g/mol. The van der Waals surface area contributed by atoms with Crippen LogP contribution >= 0.6 is 0 Å². The Hall–Kier alpha value is -3.06. The molecule has 1 saturated heterocycles. The maximum absolute atomic E-state index is 13.6. The summed E-state index contributed by atoms with van der Waals surface area (Å²) in [5, 5.41) is 30.7. The highest BCUT2D eigenvalue weighted by Crippen LogP contribution is 2.43. The van der Waals surface area contributed by atoms with Gasteiger partial charge in [0.1, 0.15) is 5.75 Å². The highest BCUT2D eigenvalue weighted by atomic mass is 19.4. The molecule has 4 rings (SSSR count). The van der Waals surface area contributed by atoms with Gasteiger partial charge < -0.3 is 20.2 Å². The van der Waals surface area contributed by atoms with E-state index in [1.807, 2.05) is 0 Å². The van der Waals surface area contributed by atoms with E-state index < -0.39 is 23.1 Å². The standard InChI is InChI=1S/C20H21F3N6O/c1-28-5-2-3-13(11-28)29-6-4-25-16-9-15(26-27-19(16)29)18-14(20(21,22)23)7-12(10-24)8-17(18)30/h7-9,13,25,30H,2-6,11H2,1H3/t13-/m0/s1. The Labute approximate surface area is 171 Å². The van der Waals surface area contributed by atoms with Gasteiger partial charge in [0.2, 0.25) is 0 Å². The Morgan fingerprint density at radius 3 is 2.73 bits per heavy atom. The fourth-order valence-corrected chi connectivity index (χ4v) is 4.20. The molecule has 0 aliphatic carbocycles. The lowest BCUT2D eigenvalue weighted by Crippen LogP contribution is -2.50. The van der Waals surface area contributed by atoms with Crippen LogP contribution in [0.4, 0.5) is 24.7 Å². The molecule has 1 aromatic carbocycles. The van der Waals surface area contributed by atoms with Crippen molar-refractivity contribution >= 4 is 11.5 Å². The van der Waals surface area contributed by atoms with Gasteiger partial charge in [-0.2, -0.15) is 18.4 Å². The molecular weight excluding hydrogens is 397 g/mol. The molecule has 1 aromatic heterocycles. The molecule has 0 amide bonds. The van der Waals surface area contributed by atoms with Crippen LogP contribution in [0.3, 0.4) is 0 Å². The van der Waals surface area contributed by atoms with E-state index in [9.17, 15) is 18.3 Å². The Morgan fingerprint density at radius 1 is 1.23 bits per heavy atom. The van der Waals surface area contributed by atoms with Gasteiger partial charge in [0.25, 0.3) is 0 Å². The van der Waals surface area contributed by atoms with Crippen LogP contribution in [0.5, 0.6) is 5.75 Å². The van der Waals surface area contributed by atoms with Crippen LogP contribution in [-0.4, -0.2) is 59.5 Å². The van der Waals surface area contributed by atoms with Crippen molar-refractivity contribution < 1.29 is 18.3 Å². The summed E-state index contributed by atoms with van der Waals surface area (Å²) in [4.78, 5) is 4.41. The summed E-state index contributed by atoms with van der Waals surface area (Å²) < 4.78 is 40.8. The third-order valence-corrected chi connectivity index (χ3v) is 5.56. The highest BCUT2D eigenvalue weighted by Gasteiger charge is 2.37. The van der Waals surface area contributed by atoms with Gasteiger partial charge in [0.05, 0.1) is 34.1 Å². The molecule has 2 aliphatic heterocycles. The molecule has 0 saturated carbocycles. The summed E-state index contributed by atoms with van der Waals surface area (Å²) in [5.41, 5.74) is -1.39. The molecule has 2 aromatic rings. The van der Waals surface area contributed by atoms with E-state index >= 15 is 0 Å². The number of nitrogens with zero attached hydrogens (tertiary/aromatic N) is 5. The van der Waals surface area contributed by atoms with Crippen molar-refractivity contribution in [1.29, 1.82) is 5.26 Å². The number of phenols is 1. The molecule has 0 unspecified atom stereocenters. The highest BCUT2D eigenvalue weighted by molar-refractivity contribution is 5.78. The van der Waals surface area contributed by atoms with Gasteiger partial charge in [-0.05, 0) is 44.6 Å². The summed E-state index contributed by atoms with van der Waals surface area (Å²) in [6.45, 7) is 3.29. The number of nitrogens with one attached hydrogen (secondary N) is 1. The van der Waals surface area contributed by atoms with Crippen LogP contribution in [0, 0.1) is 11.3 Å². The van der Waals surface area contributed by atoms with E-state index in [1.165, 1.54) is 6.07 Å². The minimum absolute atomic E-state index is 0.0989. The number of alkyl halides is 3. The fraction of sp³-hybridized carbons (Fsp3) is 0.450. The van der Waals surface area contributed by atoms with Gasteiger partial charge in [0, 0.05) is 25.7 Å². The smallest absolute Gasteiger partial charge is 0.417 e. The zero-order chi connectivity index (χ0) is 21.5. The van der Waals surface area contributed by atoms with E-state index in [0.29, 0.717) is 24.1 Å². The summed E-state index contributed by atoms with van der Waals surface area (Å²) in [7, 11) is 2.07. The number of hydrogen-bond acceptors (Lipinski definition) is 7. The molecule has 0 bridgehead atoms. The van der Waals surface area contributed by atoms with Gasteiger partial charge in [0.15, 0.2) is 5.82 Å². The number of nitriles is 1. The second-order valence-corrected chi connectivity index (χ2v) is 7.67. The van der Waals surface area contributed by atoms with Crippen LogP contribution in [0.2, 0.25) is 0 Å². The average Bonchev–Trinajstić information content (AvgIpc) is 2.71. The number of benzene rings is 1. The molecule has 0 spiro atoms.